The van der Waals surface area contributed by atoms with Crippen molar-refractivity contribution in [1.29, 1.82) is 0 Å². The number of hydrogen-bond donors (Lipinski definition) is 2. The first-order valence-corrected chi connectivity index (χ1v) is 12.9. The number of halogens is 3. The topological polar surface area (TPSA) is 85.4 Å². The number of carbonyl (C=O) groups is 1. The van der Waals surface area contributed by atoms with Crippen molar-refractivity contribution in [2.24, 2.45) is 5.73 Å². The minimum absolute atomic E-state index is 0.233. The normalized spacial score (nSPS) is 15.0. The van der Waals surface area contributed by atoms with Crippen LogP contribution >= 0.6 is 11.6 Å². The molecule has 1 fully saturated rings. The van der Waals surface area contributed by atoms with Gasteiger partial charge >= 0.3 is 6.03 Å². The van der Waals surface area contributed by atoms with Gasteiger partial charge in [0, 0.05) is 31.8 Å². The lowest BCUT2D eigenvalue weighted by Crippen LogP contribution is -2.24. The first kappa shape index (κ1) is 28.2. The standard InChI is InChI=1S/C16H13ClN4O.C13H17F2NO/c17-13-14(11-7-3-1-4-8-11)20-21(15(13)19-16(18)22)12-9-5-2-6-10-12;1-17-5-4-16-3-2-10(9-16)11-6-12(14)8-13(15)7-11/h1-10H,(H3,18,19,22);6-8,10H,2-5,9H2,1H3. The number of ether oxygens (including phenoxy) is 1. The van der Waals surface area contributed by atoms with Gasteiger partial charge in [-0.25, -0.2) is 18.3 Å². The summed E-state index contributed by atoms with van der Waals surface area (Å²) in [6.45, 7) is 3.40. The molecular formula is C29H30ClF2N5O2. The Labute approximate surface area is 231 Å². The molecular weight excluding hydrogens is 524 g/mol. The highest BCUT2D eigenvalue weighted by atomic mass is 35.5. The highest BCUT2D eigenvalue weighted by Crippen LogP contribution is 2.35. The predicted octanol–water partition coefficient (Wildman–Crippen LogP) is 6.08. The fourth-order valence-corrected chi connectivity index (χ4v) is 4.77. The van der Waals surface area contributed by atoms with Crippen LogP contribution in [-0.4, -0.2) is 54.1 Å². The van der Waals surface area contributed by atoms with Crippen LogP contribution < -0.4 is 11.1 Å². The summed E-state index contributed by atoms with van der Waals surface area (Å²) < 4.78 is 32.8. The first-order valence-electron chi connectivity index (χ1n) is 12.5. The van der Waals surface area contributed by atoms with Crippen LogP contribution in [0.3, 0.4) is 0 Å². The Bertz CT molecular complexity index is 1370. The molecule has 0 saturated carbocycles. The van der Waals surface area contributed by atoms with Crippen molar-refractivity contribution in [2.45, 2.75) is 12.3 Å². The molecule has 5 rings (SSSR count). The van der Waals surface area contributed by atoms with Gasteiger partial charge in [0.25, 0.3) is 0 Å². The maximum atomic E-state index is 13.1. The molecule has 3 aromatic carbocycles. The average Bonchev–Trinajstić information content (AvgIpc) is 3.53. The number of nitrogens with zero attached hydrogens (tertiary/aromatic N) is 3. The van der Waals surface area contributed by atoms with E-state index in [1.54, 1.807) is 11.8 Å². The van der Waals surface area contributed by atoms with Gasteiger partial charge in [-0.3, -0.25) is 5.32 Å². The summed E-state index contributed by atoms with van der Waals surface area (Å²) in [7, 11) is 1.68. The van der Waals surface area contributed by atoms with Gasteiger partial charge in [-0.15, -0.1) is 0 Å². The Hall–Kier alpha value is -3.79. The number of primary amides is 1. The van der Waals surface area contributed by atoms with E-state index < -0.39 is 17.7 Å². The molecule has 1 aromatic heterocycles. The molecule has 7 nitrogen and oxygen atoms in total. The molecule has 2 heterocycles. The third-order valence-electron chi connectivity index (χ3n) is 6.36. The van der Waals surface area contributed by atoms with Crippen LogP contribution in [0.15, 0.2) is 78.9 Å². The van der Waals surface area contributed by atoms with Crippen LogP contribution in [0.25, 0.3) is 16.9 Å². The summed E-state index contributed by atoms with van der Waals surface area (Å²) in [5, 5.41) is 7.40. The van der Waals surface area contributed by atoms with Crippen LogP contribution in [0, 0.1) is 11.6 Å². The number of likely N-dealkylation sites (tertiary alicyclic amines) is 1. The van der Waals surface area contributed by atoms with E-state index in [-0.39, 0.29) is 5.92 Å². The SMILES string of the molecule is COCCN1CCC(c2cc(F)cc(F)c2)C1.NC(=O)Nc1c(Cl)c(-c2ccccc2)nn1-c1ccccc1. The summed E-state index contributed by atoms with van der Waals surface area (Å²) in [6.07, 6.45) is 0.951. The summed E-state index contributed by atoms with van der Waals surface area (Å²) in [6, 6.07) is 22.0. The molecule has 0 spiro atoms. The minimum Gasteiger partial charge on any atom is -0.383 e. The Balaban J connectivity index is 0.000000187. The molecule has 0 radical (unpaired) electrons. The number of urea groups is 1. The van der Waals surface area contributed by atoms with Gasteiger partial charge in [-0.05, 0) is 48.7 Å². The molecule has 10 heteroatoms. The zero-order valence-electron chi connectivity index (χ0n) is 21.5. The monoisotopic (exact) mass is 553 g/mol. The maximum absolute atomic E-state index is 13.1. The smallest absolute Gasteiger partial charge is 0.317 e. The number of hydrogen-bond acceptors (Lipinski definition) is 4. The van der Waals surface area contributed by atoms with E-state index in [4.69, 9.17) is 22.1 Å². The summed E-state index contributed by atoms with van der Waals surface area (Å²) in [4.78, 5) is 13.5. The highest BCUT2D eigenvalue weighted by Gasteiger charge is 2.24. The lowest BCUT2D eigenvalue weighted by molar-refractivity contribution is 0.160. The van der Waals surface area contributed by atoms with Crippen molar-refractivity contribution in [2.75, 3.05) is 38.7 Å². The molecule has 1 atom stereocenters. The quantitative estimate of drug-likeness (QED) is 0.290. The number of nitrogens with one attached hydrogen (secondary N) is 1. The fraction of sp³-hybridized carbons (Fsp3) is 0.241. The van der Waals surface area contributed by atoms with Gasteiger partial charge < -0.3 is 15.4 Å². The van der Waals surface area contributed by atoms with E-state index in [2.05, 4.69) is 15.3 Å². The molecule has 1 aliphatic heterocycles. The van der Waals surface area contributed by atoms with Crippen molar-refractivity contribution in [3.63, 3.8) is 0 Å². The number of benzene rings is 3. The predicted molar refractivity (Wildman–Crippen MR) is 149 cm³/mol. The van der Waals surface area contributed by atoms with Crippen LogP contribution in [0.4, 0.5) is 19.4 Å². The van der Waals surface area contributed by atoms with E-state index in [0.717, 1.165) is 48.9 Å². The van der Waals surface area contributed by atoms with E-state index in [1.165, 1.54) is 12.1 Å². The number of para-hydroxylation sites is 1. The van der Waals surface area contributed by atoms with Gasteiger partial charge in [0.05, 0.1) is 12.3 Å². The Kier molecular flexibility index (Phi) is 9.64. The maximum Gasteiger partial charge on any atom is 0.317 e. The largest absolute Gasteiger partial charge is 0.383 e. The third-order valence-corrected chi connectivity index (χ3v) is 6.72. The second-order valence-corrected chi connectivity index (χ2v) is 9.47. The molecule has 4 aromatic rings. The van der Waals surface area contributed by atoms with Gasteiger partial charge in [-0.1, -0.05) is 60.1 Å². The van der Waals surface area contributed by atoms with Crippen molar-refractivity contribution in [3.8, 4) is 16.9 Å². The number of anilines is 1. The Morgan fingerprint density at radius 1 is 1.08 bits per heavy atom. The summed E-state index contributed by atoms with van der Waals surface area (Å²) in [5.41, 5.74) is 8.21. The number of aromatic nitrogens is 2. The minimum atomic E-state index is -0.696. The number of rotatable bonds is 7. The van der Waals surface area contributed by atoms with Crippen LogP contribution in [0.1, 0.15) is 17.9 Å². The Morgan fingerprint density at radius 3 is 2.33 bits per heavy atom. The molecule has 0 bridgehead atoms. The van der Waals surface area contributed by atoms with Crippen molar-refractivity contribution < 1.29 is 18.3 Å². The molecule has 3 N–H and O–H groups in total. The van der Waals surface area contributed by atoms with E-state index in [1.807, 2.05) is 60.7 Å². The molecule has 0 aliphatic carbocycles. The van der Waals surface area contributed by atoms with Gasteiger partial charge in [0.2, 0.25) is 0 Å². The van der Waals surface area contributed by atoms with Gasteiger partial charge in [0.1, 0.15) is 22.4 Å². The molecule has 204 valence electrons. The summed E-state index contributed by atoms with van der Waals surface area (Å²) in [5.74, 6) is -0.401. The van der Waals surface area contributed by atoms with E-state index >= 15 is 0 Å². The second kappa shape index (κ2) is 13.3. The Morgan fingerprint density at radius 2 is 1.72 bits per heavy atom. The van der Waals surface area contributed by atoms with Crippen molar-refractivity contribution >= 4 is 23.4 Å². The van der Waals surface area contributed by atoms with Crippen LogP contribution in [-0.2, 0) is 4.74 Å². The molecule has 39 heavy (non-hydrogen) atoms. The highest BCUT2D eigenvalue weighted by molar-refractivity contribution is 6.36. The van der Waals surface area contributed by atoms with Crippen molar-refractivity contribution in [3.05, 3.63) is 101 Å². The number of amides is 2. The van der Waals surface area contributed by atoms with E-state index in [9.17, 15) is 13.6 Å². The zero-order chi connectivity index (χ0) is 27.8. The van der Waals surface area contributed by atoms with Crippen LogP contribution in [0.5, 0.6) is 0 Å². The lowest BCUT2D eigenvalue weighted by atomic mass is 9.98. The molecule has 2 amide bonds. The number of carbonyl (C=O) groups excluding carboxylic acids is 1. The number of nitrogens with two attached hydrogens (primary N) is 1. The average molecular weight is 554 g/mol. The lowest BCUT2D eigenvalue weighted by Gasteiger charge is -2.15. The van der Waals surface area contributed by atoms with Gasteiger partial charge in [-0.2, -0.15) is 5.10 Å². The van der Waals surface area contributed by atoms with Gasteiger partial charge in [0.15, 0.2) is 5.82 Å². The van der Waals surface area contributed by atoms with Crippen LogP contribution in [0.2, 0.25) is 5.02 Å². The fourth-order valence-electron chi connectivity index (χ4n) is 4.50. The zero-order valence-corrected chi connectivity index (χ0v) is 22.2. The van der Waals surface area contributed by atoms with E-state index in [0.29, 0.717) is 23.1 Å². The number of methoxy groups -OCH3 is 1. The van der Waals surface area contributed by atoms with Crippen molar-refractivity contribution in [1.82, 2.24) is 14.7 Å². The third kappa shape index (κ3) is 7.41. The first-order chi connectivity index (χ1) is 18.9. The second-order valence-electron chi connectivity index (χ2n) is 9.10. The molecule has 1 aliphatic rings. The summed E-state index contributed by atoms with van der Waals surface area (Å²) >= 11 is 6.40. The molecule has 1 unspecified atom stereocenters. The molecule has 1 saturated heterocycles.